The summed E-state index contributed by atoms with van der Waals surface area (Å²) in [6.07, 6.45) is -5.26. The predicted octanol–water partition coefficient (Wildman–Crippen LogP) is 2.43. The van der Waals surface area contributed by atoms with Gasteiger partial charge in [0.25, 0.3) is 11.2 Å². The SMILES string of the molecule is Cc1c(CCC(=O)O)nc2c(=O)[nH]c3cc(C(F)(F)F)c([N+](=O)[O-])cc3n12. The Kier molecular flexibility index (Phi) is 4.13. The van der Waals surface area contributed by atoms with E-state index in [1.54, 1.807) is 0 Å². The molecule has 0 atom stereocenters. The fourth-order valence-electron chi connectivity index (χ4n) is 2.87. The molecule has 0 bridgehead atoms. The second kappa shape index (κ2) is 6.07. The van der Waals surface area contributed by atoms with E-state index in [0.29, 0.717) is 11.8 Å². The third kappa shape index (κ3) is 3.09. The second-order valence-corrected chi connectivity index (χ2v) is 5.79. The van der Waals surface area contributed by atoms with Gasteiger partial charge in [0.05, 0.1) is 28.1 Å². The number of carbonyl (C=O) groups is 1. The van der Waals surface area contributed by atoms with Crippen LogP contribution in [0.15, 0.2) is 16.9 Å². The molecule has 3 rings (SSSR count). The molecule has 3 aromatic rings. The first-order valence-corrected chi connectivity index (χ1v) is 7.52. The third-order valence-corrected chi connectivity index (χ3v) is 4.09. The molecule has 9 nitrogen and oxygen atoms in total. The number of nitrogens with one attached hydrogen (secondary N) is 1. The lowest BCUT2D eigenvalue weighted by molar-refractivity contribution is -0.387. The molecule has 0 aliphatic heterocycles. The highest BCUT2D eigenvalue weighted by Gasteiger charge is 2.39. The number of alkyl halides is 3. The van der Waals surface area contributed by atoms with E-state index >= 15 is 0 Å². The van der Waals surface area contributed by atoms with E-state index < -0.39 is 33.9 Å². The number of halogens is 3. The Morgan fingerprint density at radius 1 is 1.41 bits per heavy atom. The molecule has 0 radical (unpaired) electrons. The van der Waals surface area contributed by atoms with Crippen molar-refractivity contribution in [3.8, 4) is 0 Å². The number of rotatable bonds is 4. The van der Waals surface area contributed by atoms with Crippen LogP contribution in [0.5, 0.6) is 0 Å². The number of nitrogens with zero attached hydrogens (tertiary/aromatic N) is 3. The van der Waals surface area contributed by atoms with E-state index in [4.69, 9.17) is 5.11 Å². The summed E-state index contributed by atoms with van der Waals surface area (Å²) < 4.78 is 40.6. The van der Waals surface area contributed by atoms with E-state index in [9.17, 15) is 32.9 Å². The molecule has 0 unspecified atom stereocenters. The largest absolute Gasteiger partial charge is 0.481 e. The number of nitro benzene ring substituents is 1. The van der Waals surface area contributed by atoms with Crippen molar-refractivity contribution in [1.29, 1.82) is 0 Å². The molecule has 12 heteroatoms. The van der Waals surface area contributed by atoms with Crippen LogP contribution in [0.2, 0.25) is 0 Å². The summed E-state index contributed by atoms with van der Waals surface area (Å²) in [5.74, 6) is -1.09. The quantitative estimate of drug-likeness (QED) is 0.525. The minimum Gasteiger partial charge on any atom is -0.481 e. The normalized spacial score (nSPS) is 12.0. The van der Waals surface area contributed by atoms with Crippen LogP contribution in [0, 0.1) is 17.0 Å². The molecular formula is C15H11F3N4O5. The number of carboxylic acids is 1. The minimum atomic E-state index is -4.99. The summed E-state index contributed by atoms with van der Waals surface area (Å²) in [5, 5.41) is 19.9. The molecule has 1 aromatic carbocycles. The first-order chi connectivity index (χ1) is 12.5. The molecule has 0 saturated carbocycles. The average molecular weight is 384 g/mol. The van der Waals surface area contributed by atoms with E-state index in [0.717, 1.165) is 6.07 Å². The van der Waals surface area contributed by atoms with Crippen LogP contribution < -0.4 is 5.56 Å². The second-order valence-electron chi connectivity index (χ2n) is 5.79. The number of benzene rings is 1. The van der Waals surface area contributed by atoms with Gasteiger partial charge < -0.3 is 10.1 Å². The van der Waals surface area contributed by atoms with Crippen LogP contribution in [0.1, 0.15) is 23.4 Å². The maximum Gasteiger partial charge on any atom is 0.423 e. The minimum absolute atomic E-state index is 0.00743. The first kappa shape index (κ1) is 18.4. The summed E-state index contributed by atoms with van der Waals surface area (Å²) >= 11 is 0. The molecule has 27 heavy (non-hydrogen) atoms. The number of hydrogen-bond acceptors (Lipinski definition) is 5. The maximum absolute atomic E-state index is 13.1. The number of aryl methyl sites for hydroxylation is 2. The van der Waals surface area contributed by atoms with Gasteiger partial charge in [-0.25, -0.2) is 4.98 Å². The molecule has 142 valence electrons. The van der Waals surface area contributed by atoms with Gasteiger partial charge in [0.2, 0.25) is 5.65 Å². The van der Waals surface area contributed by atoms with E-state index in [1.165, 1.54) is 11.3 Å². The molecular weight excluding hydrogens is 373 g/mol. The van der Waals surface area contributed by atoms with Crippen molar-refractivity contribution >= 4 is 28.3 Å². The fraction of sp³-hybridized carbons (Fsp3) is 0.267. The Labute approximate surface area is 147 Å². The Balaban J connectivity index is 2.39. The molecule has 0 amide bonds. The number of aromatic amines is 1. The van der Waals surface area contributed by atoms with Gasteiger partial charge in [0.15, 0.2) is 0 Å². The van der Waals surface area contributed by atoms with Crippen molar-refractivity contribution in [2.24, 2.45) is 0 Å². The number of imidazole rings is 1. The summed E-state index contributed by atoms with van der Waals surface area (Å²) in [7, 11) is 0. The Morgan fingerprint density at radius 3 is 2.63 bits per heavy atom. The number of hydrogen-bond donors (Lipinski definition) is 2. The lowest BCUT2D eigenvalue weighted by atomic mass is 10.1. The molecule has 2 heterocycles. The lowest BCUT2D eigenvalue weighted by Gasteiger charge is -2.10. The third-order valence-electron chi connectivity index (χ3n) is 4.09. The average Bonchev–Trinajstić information content (AvgIpc) is 2.89. The molecule has 0 saturated heterocycles. The van der Waals surface area contributed by atoms with Crippen molar-refractivity contribution in [3.63, 3.8) is 0 Å². The number of carboxylic acid groups (broad SMARTS) is 1. The van der Waals surface area contributed by atoms with Crippen LogP contribution >= 0.6 is 0 Å². The monoisotopic (exact) mass is 384 g/mol. The highest BCUT2D eigenvalue weighted by Crippen LogP contribution is 2.38. The fourth-order valence-corrected chi connectivity index (χ4v) is 2.87. The zero-order chi connectivity index (χ0) is 20.1. The number of aromatic nitrogens is 3. The molecule has 0 aliphatic rings. The van der Waals surface area contributed by atoms with Crippen LogP contribution in [-0.4, -0.2) is 30.4 Å². The summed E-state index contributed by atoms with van der Waals surface area (Å²) in [6.45, 7) is 1.50. The summed E-state index contributed by atoms with van der Waals surface area (Å²) in [6, 6.07) is 1.22. The number of aliphatic carboxylic acids is 1. The van der Waals surface area contributed by atoms with Gasteiger partial charge >= 0.3 is 12.1 Å². The molecule has 0 spiro atoms. The van der Waals surface area contributed by atoms with Crippen molar-refractivity contribution in [3.05, 3.63) is 49.6 Å². The Bertz CT molecular complexity index is 1160. The van der Waals surface area contributed by atoms with Crippen LogP contribution in [-0.2, 0) is 17.4 Å². The topological polar surface area (TPSA) is 131 Å². The molecule has 2 aromatic heterocycles. The summed E-state index contributed by atoms with van der Waals surface area (Å²) in [4.78, 5) is 39.2. The van der Waals surface area contributed by atoms with Crippen molar-refractivity contribution in [2.75, 3.05) is 0 Å². The van der Waals surface area contributed by atoms with E-state index in [1.807, 2.05) is 0 Å². The van der Waals surface area contributed by atoms with E-state index in [2.05, 4.69) is 9.97 Å². The number of nitro groups is 1. The lowest BCUT2D eigenvalue weighted by Crippen LogP contribution is -2.14. The van der Waals surface area contributed by atoms with E-state index in [-0.39, 0.29) is 35.2 Å². The standard InChI is InChI=1S/C15H11F3N4O5/c1-6-8(2-3-12(23)24)19-13-14(25)20-9-4-7(15(16,17)18)10(22(26)27)5-11(9)21(6)13/h4-5H,2-3H2,1H3,(H,20,25)(H,23,24). The molecule has 0 fully saturated rings. The van der Waals surface area contributed by atoms with Gasteiger partial charge in [-0.1, -0.05) is 0 Å². The molecule has 2 N–H and O–H groups in total. The van der Waals surface area contributed by atoms with Gasteiger partial charge in [0, 0.05) is 18.2 Å². The Morgan fingerprint density at radius 2 is 2.07 bits per heavy atom. The van der Waals surface area contributed by atoms with Crippen molar-refractivity contribution in [2.45, 2.75) is 25.9 Å². The zero-order valence-electron chi connectivity index (χ0n) is 13.6. The highest BCUT2D eigenvalue weighted by atomic mass is 19.4. The van der Waals surface area contributed by atoms with Crippen molar-refractivity contribution in [1.82, 2.24) is 14.4 Å². The van der Waals surface area contributed by atoms with Crippen LogP contribution in [0.3, 0.4) is 0 Å². The van der Waals surface area contributed by atoms with Gasteiger partial charge in [0.1, 0.15) is 5.56 Å². The number of H-pyrrole nitrogens is 1. The Hall–Kier alpha value is -3.44. The van der Waals surface area contributed by atoms with Crippen molar-refractivity contribution < 1.29 is 28.0 Å². The van der Waals surface area contributed by atoms with Gasteiger partial charge in [-0.05, 0) is 13.0 Å². The molecule has 0 aliphatic carbocycles. The van der Waals surface area contributed by atoms with Gasteiger partial charge in [-0.15, -0.1) is 0 Å². The van der Waals surface area contributed by atoms with Crippen LogP contribution in [0.25, 0.3) is 16.7 Å². The highest BCUT2D eigenvalue weighted by molar-refractivity contribution is 5.82. The van der Waals surface area contributed by atoms with Gasteiger partial charge in [-0.3, -0.25) is 24.1 Å². The predicted molar refractivity (Wildman–Crippen MR) is 85.7 cm³/mol. The van der Waals surface area contributed by atoms with Gasteiger partial charge in [-0.2, -0.15) is 13.2 Å². The van der Waals surface area contributed by atoms with Crippen LogP contribution in [0.4, 0.5) is 18.9 Å². The smallest absolute Gasteiger partial charge is 0.423 e. The number of fused-ring (bicyclic) bond motifs is 3. The summed E-state index contributed by atoms with van der Waals surface area (Å²) in [5.41, 5.74) is -3.35. The zero-order valence-corrected chi connectivity index (χ0v) is 13.6. The first-order valence-electron chi connectivity index (χ1n) is 7.52. The maximum atomic E-state index is 13.1.